The predicted octanol–water partition coefficient (Wildman–Crippen LogP) is 5.48. The molecule has 0 aliphatic carbocycles. The van der Waals surface area contributed by atoms with Gasteiger partial charge in [-0.25, -0.2) is 9.97 Å². The van der Waals surface area contributed by atoms with E-state index in [9.17, 15) is 22.8 Å². The van der Waals surface area contributed by atoms with E-state index < -0.39 is 23.0 Å². The van der Waals surface area contributed by atoms with Crippen LogP contribution in [-0.4, -0.2) is 26.9 Å². The molecule has 1 aromatic heterocycles. The maximum Gasteiger partial charge on any atom is 0.433 e. The Labute approximate surface area is 181 Å². The van der Waals surface area contributed by atoms with Crippen LogP contribution in [0.3, 0.4) is 0 Å². The van der Waals surface area contributed by atoms with Crippen molar-refractivity contribution in [2.75, 3.05) is 5.32 Å². The number of carbonyl (C=O) groups is 2. The molecule has 1 unspecified atom stereocenters. The van der Waals surface area contributed by atoms with Crippen molar-refractivity contribution < 1.29 is 22.8 Å². The van der Waals surface area contributed by atoms with Crippen molar-refractivity contribution in [1.82, 2.24) is 9.97 Å². The Kier molecular flexibility index (Phi) is 6.74. The van der Waals surface area contributed by atoms with Crippen molar-refractivity contribution in [3.63, 3.8) is 0 Å². The third kappa shape index (κ3) is 5.91. The van der Waals surface area contributed by atoms with Crippen LogP contribution in [0, 0.1) is 0 Å². The molecule has 3 aromatic rings. The van der Waals surface area contributed by atoms with Crippen LogP contribution in [-0.2, 0) is 11.0 Å². The number of thioether (sulfide) groups is 1. The lowest BCUT2D eigenvalue weighted by Gasteiger charge is -2.14. The van der Waals surface area contributed by atoms with Crippen molar-refractivity contribution in [2.24, 2.45) is 0 Å². The van der Waals surface area contributed by atoms with E-state index in [2.05, 4.69) is 15.3 Å². The zero-order chi connectivity index (χ0) is 22.6. The first-order chi connectivity index (χ1) is 14.6. The summed E-state index contributed by atoms with van der Waals surface area (Å²) < 4.78 is 40.0. The maximum absolute atomic E-state index is 13.3. The SMILES string of the molecule is CC(=O)c1ccc(NC(=O)C(C)Sc2nc(-c3ccccc3)cc(C(F)(F)F)n2)cc1. The second-order valence-electron chi connectivity index (χ2n) is 6.67. The second kappa shape index (κ2) is 9.30. The van der Waals surface area contributed by atoms with Gasteiger partial charge in [-0.3, -0.25) is 9.59 Å². The van der Waals surface area contributed by atoms with Crippen molar-refractivity contribution in [1.29, 1.82) is 0 Å². The summed E-state index contributed by atoms with van der Waals surface area (Å²) in [5.74, 6) is -0.527. The summed E-state index contributed by atoms with van der Waals surface area (Å²) in [6, 6.07) is 15.7. The van der Waals surface area contributed by atoms with E-state index in [1.807, 2.05) is 0 Å². The zero-order valence-corrected chi connectivity index (χ0v) is 17.4. The lowest BCUT2D eigenvalue weighted by molar-refractivity contribution is -0.141. The minimum absolute atomic E-state index is 0.0993. The standard InChI is InChI=1S/C22H18F3N3O2S/c1-13(29)15-8-10-17(11-9-15)26-20(30)14(2)31-21-27-18(16-6-4-3-5-7-16)12-19(28-21)22(23,24)25/h3-12,14H,1-2H3,(H,26,30). The van der Waals surface area contributed by atoms with E-state index in [0.29, 0.717) is 16.8 Å². The molecule has 2 aromatic carbocycles. The number of ketones is 1. The summed E-state index contributed by atoms with van der Waals surface area (Å²) in [4.78, 5) is 31.6. The van der Waals surface area contributed by atoms with Crippen LogP contribution in [0.1, 0.15) is 29.9 Å². The van der Waals surface area contributed by atoms with Gasteiger partial charge in [0.15, 0.2) is 10.9 Å². The Morgan fingerprint density at radius 2 is 1.65 bits per heavy atom. The van der Waals surface area contributed by atoms with Gasteiger partial charge in [-0.2, -0.15) is 13.2 Å². The van der Waals surface area contributed by atoms with Gasteiger partial charge in [0.25, 0.3) is 0 Å². The molecule has 1 heterocycles. The normalized spacial score (nSPS) is 12.3. The van der Waals surface area contributed by atoms with Gasteiger partial charge in [0.05, 0.1) is 10.9 Å². The van der Waals surface area contributed by atoms with Crippen molar-refractivity contribution in [3.8, 4) is 11.3 Å². The second-order valence-corrected chi connectivity index (χ2v) is 7.98. The average molecular weight is 445 g/mol. The van der Waals surface area contributed by atoms with E-state index in [0.717, 1.165) is 17.8 Å². The molecule has 0 radical (unpaired) electrons. The first-order valence-electron chi connectivity index (χ1n) is 9.23. The van der Waals surface area contributed by atoms with Gasteiger partial charge in [-0.1, -0.05) is 42.1 Å². The molecular formula is C22H18F3N3O2S. The van der Waals surface area contributed by atoms with Gasteiger partial charge < -0.3 is 5.32 Å². The van der Waals surface area contributed by atoms with Gasteiger partial charge in [0.1, 0.15) is 5.69 Å². The van der Waals surface area contributed by atoms with Crippen molar-refractivity contribution >= 4 is 29.1 Å². The third-order valence-electron chi connectivity index (χ3n) is 4.28. The number of halogens is 3. The number of nitrogens with zero attached hydrogens (tertiary/aromatic N) is 2. The lowest BCUT2D eigenvalue weighted by Crippen LogP contribution is -2.23. The maximum atomic E-state index is 13.3. The topological polar surface area (TPSA) is 72.0 Å². The fourth-order valence-electron chi connectivity index (χ4n) is 2.62. The van der Waals surface area contributed by atoms with Crippen LogP contribution in [0.4, 0.5) is 18.9 Å². The number of anilines is 1. The summed E-state index contributed by atoms with van der Waals surface area (Å²) in [6.45, 7) is 2.99. The van der Waals surface area contributed by atoms with Gasteiger partial charge in [0.2, 0.25) is 5.91 Å². The number of hydrogen-bond donors (Lipinski definition) is 1. The molecule has 0 aliphatic heterocycles. The minimum atomic E-state index is -4.65. The predicted molar refractivity (Wildman–Crippen MR) is 113 cm³/mol. The number of alkyl halides is 3. The number of Topliss-reactive ketones (excluding diaryl/α,β-unsaturated/α-hetero) is 1. The summed E-state index contributed by atoms with van der Waals surface area (Å²) in [5.41, 5.74) is 0.540. The van der Waals surface area contributed by atoms with Crippen molar-refractivity contribution in [2.45, 2.75) is 30.4 Å². The quantitative estimate of drug-likeness (QED) is 0.309. The molecule has 160 valence electrons. The fraction of sp³-hybridized carbons (Fsp3) is 0.182. The van der Waals surface area contributed by atoms with Crippen LogP contribution in [0.5, 0.6) is 0 Å². The van der Waals surface area contributed by atoms with Gasteiger partial charge >= 0.3 is 6.18 Å². The van der Waals surface area contributed by atoms with Gasteiger partial charge in [-0.05, 0) is 44.2 Å². The highest BCUT2D eigenvalue weighted by Gasteiger charge is 2.34. The smallest absolute Gasteiger partial charge is 0.325 e. The lowest BCUT2D eigenvalue weighted by atomic mass is 10.1. The number of benzene rings is 2. The highest BCUT2D eigenvalue weighted by molar-refractivity contribution is 8.00. The first-order valence-corrected chi connectivity index (χ1v) is 10.1. The molecule has 0 saturated heterocycles. The van der Waals surface area contributed by atoms with E-state index in [-0.39, 0.29) is 16.6 Å². The molecule has 5 nitrogen and oxygen atoms in total. The summed E-state index contributed by atoms with van der Waals surface area (Å²) in [6.07, 6.45) is -4.65. The Morgan fingerprint density at radius 3 is 2.23 bits per heavy atom. The average Bonchev–Trinajstić information content (AvgIpc) is 2.74. The number of amides is 1. The molecule has 1 N–H and O–H groups in total. The van der Waals surface area contributed by atoms with Crippen LogP contribution in [0.25, 0.3) is 11.3 Å². The molecule has 3 rings (SSSR count). The Balaban J connectivity index is 1.80. The van der Waals surface area contributed by atoms with E-state index in [1.165, 1.54) is 6.92 Å². The molecule has 0 saturated carbocycles. The van der Waals surface area contributed by atoms with Gasteiger partial charge in [0, 0.05) is 16.8 Å². The number of aromatic nitrogens is 2. The van der Waals surface area contributed by atoms with Crippen LogP contribution < -0.4 is 5.32 Å². The number of hydrogen-bond acceptors (Lipinski definition) is 5. The fourth-order valence-corrected chi connectivity index (χ4v) is 3.41. The Morgan fingerprint density at radius 1 is 1.00 bits per heavy atom. The van der Waals surface area contributed by atoms with E-state index in [1.54, 1.807) is 61.5 Å². The molecule has 0 fully saturated rings. The van der Waals surface area contributed by atoms with Gasteiger partial charge in [-0.15, -0.1) is 0 Å². The monoisotopic (exact) mass is 445 g/mol. The van der Waals surface area contributed by atoms with E-state index >= 15 is 0 Å². The summed E-state index contributed by atoms with van der Waals surface area (Å²) in [7, 11) is 0. The molecule has 0 bridgehead atoms. The third-order valence-corrected chi connectivity index (χ3v) is 5.24. The summed E-state index contributed by atoms with van der Waals surface area (Å²) >= 11 is 0.830. The largest absolute Gasteiger partial charge is 0.433 e. The molecule has 1 atom stereocenters. The first kappa shape index (κ1) is 22.5. The molecular weight excluding hydrogens is 427 g/mol. The molecule has 1 amide bonds. The summed E-state index contributed by atoms with van der Waals surface area (Å²) in [5, 5.41) is 1.76. The number of carbonyl (C=O) groups excluding carboxylic acids is 2. The molecule has 0 spiro atoms. The highest BCUT2D eigenvalue weighted by Crippen LogP contribution is 2.33. The van der Waals surface area contributed by atoms with Crippen LogP contribution in [0.15, 0.2) is 65.8 Å². The number of nitrogens with one attached hydrogen (secondary N) is 1. The highest BCUT2D eigenvalue weighted by atomic mass is 32.2. The Hall–Kier alpha value is -3.20. The molecule has 0 aliphatic rings. The van der Waals surface area contributed by atoms with Crippen molar-refractivity contribution in [3.05, 3.63) is 71.9 Å². The minimum Gasteiger partial charge on any atom is -0.325 e. The van der Waals surface area contributed by atoms with Crippen LogP contribution in [0.2, 0.25) is 0 Å². The molecule has 31 heavy (non-hydrogen) atoms. The van der Waals surface area contributed by atoms with Crippen LogP contribution >= 0.6 is 11.8 Å². The number of rotatable bonds is 6. The van der Waals surface area contributed by atoms with E-state index in [4.69, 9.17) is 0 Å². The Bertz CT molecular complexity index is 1090. The molecule has 9 heteroatoms. The zero-order valence-electron chi connectivity index (χ0n) is 16.6.